The summed E-state index contributed by atoms with van der Waals surface area (Å²) in [5.41, 5.74) is 0.600. The highest BCUT2D eigenvalue weighted by Crippen LogP contribution is 2.30. The van der Waals surface area contributed by atoms with Gasteiger partial charge in [-0.1, -0.05) is 51.8 Å². The molecule has 0 radical (unpaired) electrons. The molecule has 0 saturated carbocycles. The van der Waals surface area contributed by atoms with Crippen LogP contribution in [0.1, 0.15) is 18.1 Å². The normalized spacial score (nSPS) is 14.7. The van der Waals surface area contributed by atoms with Gasteiger partial charge in [0.25, 0.3) is 0 Å². The molecule has 96 valence electrons. The van der Waals surface area contributed by atoms with E-state index in [1.165, 1.54) is 6.20 Å². The number of aromatic nitrogens is 1. The largest absolute Gasteiger partial charge is 0.390 e. The van der Waals surface area contributed by atoms with E-state index in [0.29, 0.717) is 22.5 Å². The van der Waals surface area contributed by atoms with Crippen molar-refractivity contribution in [3.63, 3.8) is 0 Å². The van der Waals surface area contributed by atoms with Gasteiger partial charge in [-0.25, -0.2) is 4.98 Å². The van der Waals surface area contributed by atoms with Crippen LogP contribution in [0, 0.1) is 0 Å². The molecule has 2 aromatic rings. The van der Waals surface area contributed by atoms with E-state index in [1.54, 1.807) is 0 Å². The molecule has 0 bridgehead atoms. The average Bonchev–Trinajstić information content (AvgIpc) is 2.39. The van der Waals surface area contributed by atoms with Gasteiger partial charge in [0.15, 0.2) is 0 Å². The lowest BCUT2D eigenvalue weighted by Crippen LogP contribution is -2.19. The minimum atomic E-state index is -0.961. The van der Waals surface area contributed by atoms with Crippen LogP contribution in [0.5, 0.6) is 0 Å². The Morgan fingerprint density at radius 3 is 2.56 bits per heavy atom. The Bertz CT molecular complexity index is 550. The molecule has 1 heterocycles. The van der Waals surface area contributed by atoms with Crippen molar-refractivity contribution in [2.24, 2.45) is 0 Å². The van der Waals surface area contributed by atoms with Gasteiger partial charge in [0, 0.05) is 22.5 Å². The number of pyridine rings is 1. The van der Waals surface area contributed by atoms with Crippen LogP contribution in [-0.2, 0) is 0 Å². The smallest absolute Gasteiger partial charge is 0.136 e. The van der Waals surface area contributed by atoms with Crippen molar-refractivity contribution in [1.82, 2.24) is 4.98 Å². The van der Waals surface area contributed by atoms with Crippen molar-refractivity contribution >= 4 is 38.3 Å². The van der Waals surface area contributed by atoms with Gasteiger partial charge < -0.3 is 10.2 Å². The number of alkyl halides is 1. The molecule has 2 atom stereocenters. The van der Waals surface area contributed by atoms with Gasteiger partial charge in [-0.15, -0.1) is 0 Å². The Morgan fingerprint density at radius 2 is 1.89 bits per heavy atom. The zero-order valence-electron chi connectivity index (χ0n) is 9.55. The topological polar surface area (TPSA) is 53.4 Å². The third kappa shape index (κ3) is 2.67. The molecular weight excluding hydrogens is 318 g/mol. The third-order valence-corrected chi connectivity index (χ3v) is 3.62. The molecule has 0 fully saturated rings. The van der Waals surface area contributed by atoms with Crippen molar-refractivity contribution in [3.8, 4) is 0 Å². The Hall–Kier alpha value is -0.680. The van der Waals surface area contributed by atoms with E-state index >= 15 is 0 Å². The van der Waals surface area contributed by atoms with E-state index in [2.05, 4.69) is 20.9 Å². The zero-order valence-corrected chi connectivity index (χ0v) is 11.9. The molecule has 2 rings (SSSR count). The number of rotatable bonds is 4. The molecule has 2 unspecified atom stereocenters. The Balaban J connectivity index is 2.48. The standard InChI is InChI=1S/C13H13BrClNO2/c14-6-5-11(17)12(18)10-7-16-13(15)9-4-2-1-3-8(9)10/h1-4,7,11-12,17-18H,5-6H2. The van der Waals surface area contributed by atoms with Crippen LogP contribution in [0.15, 0.2) is 30.5 Å². The molecule has 3 nitrogen and oxygen atoms in total. The maximum Gasteiger partial charge on any atom is 0.136 e. The van der Waals surface area contributed by atoms with Crippen molar-refractivity contribution in [1.29, 1.82) is 0 Å². The number of fused-ring (bicyclic) bond motifs is 1. The molecule has 0 aliphatic carbocycles. The lowest BCUT2D eigenvalue weighted by Gasteiger charge is -2.18. The van der Waals surface area contributed by atoms with Gasteiger partial charge >= 0.3 is 0 Å². The van der Waals surface area contributed by atoms with Gasteiger partial charge in [-0.05, 0) is 11.8 Å². The van der Waals surface area contributed by atoms with Crippen molar-refractivity contribution in [2.45, 2.75) is 18.6 Å². The van der Waals surface area contributed by atoms with Crippen LogP contribution in [0.4, 0.5) is 0 Å². The van der Waals surface area contributed by atoms with Crippen LogP contribution in [0.25, 0.3) is 10.8 Å². The first kappa shape index (κ1) is 13.7. The van der Waals surface area contributed by atoms with Gasteiger partial charge in [-0.2, -0.15) is 0 Å². The van der Waals surface area contributed by atoms with E-state index in [1.807, 2.05) is 24.3 Å². The summed E-state index contributed by atoms with van der Waals surface area (Å²) < 4.78 is 0. The Kier molecular flexibility index (Phi) is 4.56. The minimum Gasteiger partial charge on any atom is -0.390 e. The van der Waals surface area contributed by atoms with Gasteiger partial charge in [0.1, 0.15) is 11.3 Å². The molecule has 0 amide bonds. The summed E-state index contributed by atoms with van der Waals surface area (Å²) in [6.07, 6.45) is 0.207. The molecule has 18 heavy (non-hydrogen) atoms. The summed E-state index contributed by atoms with van der Waals surface area (Å²) >= 11 is 9.26. The number of hydrogen-bond acceptors (Lipinski definition) is 3. The molecule has 1 aromatic heterocycles. The van der Waals surface area contributed by atoms with Crippen LogP contribution in [0.2, 0.25) is 5.15 Å². The second-order valence-corrected chi connectivity index (χ2v) is 5.19. The van der Waals surface area contributed by atoms with E-state index in [9.17, 15) is 10.2 Å². The summed E-state index contributed by atoms with van der Waals surface area (Å²) in [5, 5.41) is 22.6. The first-order valence-corrected chi connectivity index (χ1v) is 7.10. The predicted molar refractivity (Wildman–Crippen MR) is 76.1 cm³/mol. The summed E-state index contributed by atoms with van der Waals surface area (Å²) in [4.78, 5) is 4.05. The summed E-state index contributed by atoms with van der Waals surface area (Å²) in [7, 11) is 0. The maximum absolute atomic E-state index is 10.2. The number of aliphatic hydroxyl groups is 2. The van der Waals surface area contributed by atoms with Gasteiger partial charge in [0.2, 0.25) is 0 Å². The van der Waals surface area contributed by atoms with Crippen LogP contribution < -0.4 is 0 Å². The highest BCUT2D eigenvalue weighted by molar-refractivity contribution is 9.09. The summed E-state index contributed by atoms with van der Waals surface area (Å²) in [6.45, 7) is 0. The van der Waals surface area contributed by atoms with Crippen LogP contribution in [0.3, 0.4) is 0 Å². The third-order valence-electron chi connectivity index (χ3n) is 2.87. The molecule has 0 saturated heterocycles. The van der Waals surface area contributed by atoms with E-state index in [4.69, 9.17) is 11.6 Å². The highest BCUT2D eigenvalue weighted by atomic mass is 79.9. The second kappa shape index (κ2) is 5.97. The number of nitrogens with zero attached hydrogens (tertiary/aromatic N) is 1. The summed E-state index contributed by atoms with van der Waals surface area (Å²) in [6, 6.07) is 7.44. The van der Waals surface area contributed by atoms with Gasteiger partial charge in [-0.3, -0.25) is 0 Å². The van der Waals surface area contributed by atoms with E-state index in [0.717, 1.165) is 10.8 Å². The van der Waals surface area contributed by atoms with E-state index in [-0.39, 0.29) is 0 Å². The lowest BCUT2D eigenvalue weighted by atomic mass is 9.99. The molecule has 5 heteroatoms. The van der Waals surface area contributed by atoms with Crippen molar-refractivity contribution in [2.75, 3.05) is 5.33 Å². The zero-order chi connectivity index (χ0) is 13.1. The highest BCUT2D eigenvalue weighted by Gasteiger charge is 2.20. The number of halogens is 2. The second-order valence-electron chi connectivity index (χ2n) is 4.04. The van der Waals surface area contributed by atoms with Crippen LogP contribution >= 0.6 is 27.5 Å². The van der Waals surface area contributed by atoms with Crippen molar-refractivity contribution in [3.05, 3.63) is 41.2 Å². The molecule has 0 aliphatic heterocycles. The van der Waals surface area contributed by atoms with E-state index < -0.39 is 12.2 Å². The van der Waals surface area contributed by atoms with Gasteiger partial charge in [0.05, 0.1) is 6.10 Å². The number of benzene rings is 1. The monoisotopic (exact) mass is 329 g/mol. The SMILES string of the molecule is OC(CCBr)C(O)c1cnc(Cl)c2ccccc12. The Morgan fingerprint density at radius 1 is 1.22 bits per heavy atom. The lowest BCUT2D eigenvalue weighted by molar-refractivity contribution is 0.0180. The number of hydrogen-bond donors (Lipinski definition) is 2. The predicted octanol–water partition coefficient (Wildman–Crippen LogP) is 3.07. The fourth-order valence-electron chi connectivity index (χ4n) is 1.89. The Labute approximate surface area is 119 Å². The molecular formula is C13H13BrClNO2. The molecule has 0 spiro atoms. The number of aliphatic hydroxyl groups excluding tert-OH is 2. The fourth-order valence-corrected chi connectivity index (χ4v) is 2.58. The first-order chi connectivity index (χ1) is 8.65. The summed E-state index contributed by atoms with van der Waals surface area (Å²) in [5.74, 6) is 0. The quantitative estimate of drug-likeness (QED) is 0.669. The minimum absolute atomic E-state index is 0.400. The maximum atomic E-state index is 10.2. The average molecular weight is 331 g/mol. The van der Waals surface area contributed by atoms with Crippen molar-refractivity contribution < 1.29 is 10.2 Å². The molecule has 0 aliphatic rings. The molecule has 1 aromatic carbocycles. The van der Waals surface area contributed by atoms with Crippen LogP contribution in [-0.4, -0.2) is 26.6 Å². The molecule has 2 N–H and O–H groups in total. The first-order valence-electron chi connectivity index (χ1n) is 5.60. The fraction of sp³-hybridized carbons (Fsp3) is 0.308.